The average Bonchev–Trinajstić information content (AvgIpc) is 2.52. The zero-order chi connectivity index (χ0) is 9.68. The lowest BCUT2D eigenvalue weighted by Gasteiger charge is -1.93. The van der Waals surface area contributed by atoms with Gasteiger partial charge in [0.05, 0.1) is 0 Å². The number of imidazole rings is 1. The summed E-state index contributed by atoms with van der Waals surface area (Å²) in [5.41, 5.74) is 1.10. The summed E-state index contributed by atoms with van der Waals surface area (Å²) >= 11 is 0. The van der Waals surface area contributed by atoms with Crippen molar-refractivity contribution in [3.63, 3.8) is 0 Å². The molecule has 0 bridgehead atoms. The minimum Gasteiger partial charge on any atom is -0.481 e. The van der Waals surface area contributed by atoms with Gasteiger partial charge in [0.1, 0.15) is 5.82 Å². The molecule has 13 heavy (non-hydrogen) atoms. The van der Waals surface area contributed by atoms with Crippen molar-refractivity contribution < 1.29 is 9.90 Å². The van der Waals surface area contributed by atoms with Crippen LogP contribution < -0.4 is 0 Å². The Hall–Kier alpha value is -1.32. The van der Waals surface area contributed by atoms with E-state index in [2.05, 4.69) is 16.9 Å². The van der Waals surface area contributed by atoms with Gasteiger partial charge in [0.25, 0.3) is 0 Å². The van der Waals surface area contributed by atoms with E-state index in [-0.39, 0.29) is 6.42 Å². The first-order valence-corrected chi connectivity index (χ1v) is 4.47. The molecule has 4 nitrogen and oxygen atoms in total. The van der Waals surface area contributed by atoms with E-state index in [0.717, 1.165) is 17.9 Å². The van der Waals surface area contributed by atoms with Crippen LogP contribution in [0.4, 0.5) is 0 Å². The minimum absolute atomic E-state index is 0.210. The number of hydrogen-bond donors (Lipinski definition) is 2. The smallest absolute Gasteiger partial charge is 0.303 e. The van der Waals surface area contributed by atoms with Crippen LogP contribution in [0.25, 0.3) is 0 Å². The molecule has 0 saturated carbocycles. The van der Waals surface area contributed by atoms with Crippen molar-refractivity contribution in [3.05, 3.63) is 17.7 Å². The molecule has 0 amide bonds. The molecule has 0 atom stereocenters. The molecule has 4 heteroatoms. The van der Waals surface area contributed by atoms with Crippen molar-refractivity contribution >= 4 is 5.97 Å². The number of H-pyrrole nitrogens is 1. The van der Waals surface area contributed by atoms with E-state index in [9.17, 15) is 4.79 Å². The number of carbonyl (C=O) groups is 1. The SMILES string of the molecule is CCc1cnc(CCCC(=O)O)[nH]1. The van der Waals surface area contributed by atoms with Crippen molar-refractivity contribution in [2.45, 2.75) is 32.6 Å². The molecule has 0 unspecified atom stereocenters. The summed E-state index contributed by atoms with van der Waals surface area (Å²) in [6, 6.07) is 0. The summed E-state index contributed by atoms with van der Waals surface area (Å²) in [4.78, 5) is 17.5. The summed E-state index contributed by atoms with van der Waals surface area (Å²) < 4.78 is 0. The largest absolute Gasteiger partial charge is 0.481 e. The Bertz CT molecular complexity index is 281. The summed E-state index contributed by atoms with van der Waals surface area (Å²) in [5, 5.41) is 8.41. The maximum atomic E-state index is 10.2. The van der Waals surface area contributed by atoms with Gasteiger partial charge < -0.3 is 10.1 Å². The first-order valence-electron chi connectivity index (χ1n) is 4.47. The van der Waals surface area contributed by atoms with Crippen molar-refractivity contribution in [3.8, 4) is 0 Å². The molecule has 0 fully saturated rings. The normalized spacial score (nSPS) is 10.2. The van der Waals surface area contributed by atoms with E-state index in [1.54, 1.807) is 6.20 Å². The Balaban J connectivity index is 2.32. The molecule has 1 heterocycles. The van der Waals surface area contributed by atoms with Gasteiger partial charge in [-0.05, 0) is 12.8 Å². The fraction of sp³-hybridized carbons (Fsp3) is 0.556. The number of aromatic nitrogens is 2. The second-order valence-electron chi connectivity index (χ2n) is 2.96. The molecule has 1 aromatic rings. The molecule has 2 N–H and O–H groups in total. The number of aryl methyl sites for hydroxylation is 2. The topological polar surface area (TPSA) is 66.0 Å². The van der Waals surface area contributed by atoms with E-state index >= 15 is 0 Å². The standard InChI is InChI=1S/C9H14N2O2/c1-2-7-6-10-8(11-7)4-3-5-9(12)13/h6H,2-5H2,1H3,(H,10,11)(H,12,13). The van der Waals surface area contributed by atoms with E-state index in [1.807, 2.05) is 0 Å². The van der Waals surface area contributed by atoms with Crippen LogP contribution in [-0.4, -0.2) is 21.0 Å². The molecule has 0 aromatic carbocycles. The Kier molecular flexibility index (Phi) is 3.49. The average molecular weight is 182 g/mol. The van der Waals surface area contributed by atoms with Gasteiger partial charge >= 0.3 is 5.97 Å². The molecule has 0 aliphatic heterocycles. The number of rotatable bonds is 5. The zero-order valence-corrected chi connectivity index (χ0v) is 7.71. The summed E-state index contributed by atoms with van der Waals surface area (Å²) in [7, 11) is 0. The van der Waals surface area contributed by atoms with E-state index in [0.29, 0.717) is 12.8 Å². The number of aliphatic carboxylic acids is 1. The monoisotopic (exact) mass is 182 g/mol. The highest BCUT2D eigenvalue weighted by atomic mass is 16.4. The van der Waals surface area contributed by atoms with Crippen molar-refractivity contribution in [1.82, 2.24) is 9.97 Å². The lowest BCUT2D eigenvalue weighted by Crippen LogP contribution is -1.96. The number of nitrogens with zero attached hydrogens (tertiary/aromatic N) is 1. The fourth-order valence-corrected chi connectivity index (χ4v) is 1.12. The molecule has 0 aliphatic carbocycles. The molecule has 0 radical (unpaired) electrons. The predicted molar refractivity (Wildman–Crippen MR) is 48.5 cm³/mol. The summed E-state index contributed by atoms with van der Waals surface area (Å²) in [6.07, 6.45) is 4.31. The van der Waals surface area contributed by atoms with Gasteiger partial charge in [0.15, 0.2) is 0 Å². The minimum atomic E-state index is -0.748. The van der Waals surface area contributed by atoms with Gasteiger partial charge in [-0.15, -0.1) is 0 Å². The van der Waals surface area contributed by atoms with E-state index in [4.69, 9.17) is 5.11 Å². The maximum Gasteiger partial charge on any atom is 0.303 e. The Morgan fingerprint density at radius 1 is 1.69 bits per heavy atom. The Morgan fingerprint density at radius 2 is 2.46 bits per heavy atom. The van der Waals surface area contributed by atoms with Gasteiger partial charge in [-0.1, -0.05) is 6.92 Å². The van der Waals surface area contributed by atoms with Gasteiger partial charge in [0, 0.05) is 24.7 Å². The molecule has 1 aromatic heterocycles. The van der Waals surface area contributed by atoms with E-state index < -0.39 is 5.97 Å². The van der Waals surface area contributed by atoms with E-state index in [1.165, 1.54) is 0 Å². The van der Waals surface area contributed by atoms with Crippen LogP contribution in [0.5, 0.6) is 0 Å². The van der Waals surface area contributed by atoms with Crippen LogP contribution >= 0.6 is 0 Å². The van der Waals surface area contributed by atoms with Crippen LogP contribution in [0.2, 0.25) is 0 Å². The number of carboxylic acids is 1. The number of nitrogens with one attached hydrogen (secondary N) is 1. The highest BCUT2D eigenvalue weighted by Gasteiger charge is 2.01. The van der Waals surface area contributed by atoms with Gasteiger partial charge in [-0.3, -0.25) is 4.79 Å². The van der Waals surface area contributed by atoms with Crippen LogP contribution in [0.15, 0.2) is 6.20 Å². The van der Waals surface area contributed by atoms with Crippen LogP contribution in [-0.2, 0) is 17.6 Å². The molecule has 0 aliphatic rings. The summed E-state index contributed by atoms with van der Waals surface area (Å²) in [6.45, 7) is 2.05. The molecule has 72 valence electrons. The fourth-order valence-electron chi connectivity index (χ4n) is 1.12. The van der Waals surface area contributed by atoms with Crippen LogP contribution in [0.1, 0.15) is 31.3 Å². The Labute approximate surface area is 77.0 Å². The van der Waals surface area contributed by atoms with Crippen molar-refractivity contribution in [2.75, 3.05) is 0 Å². The van der Waals surface area contributed by atoms with Gasteiger partial charge in [0.2, 0.25) is 0 Å². The first-order chi connectivity index (χ1) is 6.22. The second-order valence-corrected chi connectivity index (χ2v) is 2.96. The molecular weight excluding hydrogens is 168 g/mol. The molecule has 0 spiro atoms. The molecule has 1 rings (SSSR count). The quantitative estimate of drug-likeness (QED) is 0.723. The third-order valence-corrected chi connectivity index (χ3v) is 1.87. The van der Waals surface area contributed by atoms with Crippen LogP contribution in [0, 0.1) is 0 Å². The zero-order valence-electron chi connectivity index (χ0n) is 7.71. The van der Waals surface area contributed by atoms with Crippen molar-refractivity contribution in [2.24, 2.45) is 0 Å². The lowest BCUT2D eigenvalue weighted by atomic mass is 10.2. The Morgan fingerprint density at radius 3 is 3.00 bits per heavy atom. The number of aromatic amines is 1. The number of hydrogen-bond acceptors (Lipinski definition) is 2. The highest BCUT2D eigenvalue weighted by Crippen LogP contribution is 2.02. The van der Waals surface area contributed by atoms with Gasteiger partial charge in [-0.2, -0.15) is 0 Å². The summed E-state index contributed by atoms with van der Waals surface area (Å²) in [5.74, 6) is 0.139. The van der Waals surface area contributed by atoms with Crippen molar-refractivity contribution in [1.29, 1.82) is 0 Å². The number of carboxylic acid groups (broad SMARTS) is 1. The second kappa shape index (κ2) is 4.64. The third kappa shape index (κ3) is 3.27. The first kappa shape index (κ1) is 9.77. The predicted octanol–water partition coefficient (Wildman–Crippen LogP) is 1.38. The van der Waals surface area contributed by atoms with Crippen LogP contribution in [0.3, 0.4) is 0 Å². The molecular formula is C9H14N2O2. The maximum absolute atomic E-state index is 10.2. The molecule has 0 saturated heterocycles. The van der Waals surface area contributed by atoms with Gasteiger partial charge in [-0.25, -0.2) is 4.98 Å². The highest BCUT2D eigenvalue weighted by molar-refractivity contribution is 5.66. The third-order valence-electron chi connectivity index (χ3n) is 1.87. The lowest BCUT2D eigenvalue weighted by molar-refractivity contribution is -0.137.